The zero-order valence-electron chi connectivity index (χ0n) is 11.7. The van der Waals surface area contributed by atoms with E-state index in [0.717, 1.165) is 11.9 Å². The molecule has 3 rings (SSSR count). The maximum Gasteiger partial charge on any atom is 0.126 e. The molecule has 1 aromatic heterocycles. The first-order valence-corrected chi connectivity index (χ1v) is 7.83. The molecule has 0 aromatic carbocycles. The Balaban J connectivity index is 1.55. The summed E-state index contributed by atoms with van der Waals surface area (Å²) in [5.74, 6) is 1.03. The highest BCUT2D eigenvalue weighted by atomic mass is 15.2. The summed E-state index contributed by atoms with van der Waals surface area (Å²) < 4.78 is 0. The van der Waals surface area contributed by atoms with Gasteiger partial charge >= 0.3 is 0 Å². The van der Waals surface area contributed by atoms with Crippen molar-refractivity contribution in [2.45, 2.75) is 57.0 Å². The van der Waals surface area contributed by atoms with Crippen molar-refractivity contribution in [2.75, 3.05) is 18.4 Å². The average molecular weight is 259 g/mol. The van der Waals surface area contributed by atoms with E-state index in [2.05, 4.69) is 27.3 Å². The van der Waals surface area contributed by atoms with E-state index in [0.29, 0.717) is 6.04 Å². The van der Waals surface area contributed by atoms with E-state index in [1.165, 1.54) is 58.0 Å². The molecule has 1 aliphatic carbocycles. The van der Waals surface area contributed by atoms with Crippen LogP contribution in [0.25, 0.3) is 0 Å². The molecule has 1 N–H and O–H groups in total. The van der Waals surface area contributed by atoms with Crippen LogP contribution in [-0.2, 0) is 0 Å². The smallest absolute Gasteiger partial charge is 0.126 e. The van der Waals surface area contributed by atoms with Gasteiger partial charge in [-0.2, -0.15) is 0 Å². The summed E-state index contributed by atoms with van der Waals surface area (Å²) in [6.45, 7) is 2.49. The van der Waals surface area contributed by atoms with Crippen molar-refractivity contribution < 1.29 is 0 Å². The van der Waals surface area contributed by atoms with Gasteiger partial charge < -0.3 is 5.32 Å². The molecule has 0 bridgehead atoms. The molecule has 2 fully saturated rings. The molecule has 1 unspecified atom stereocenters. The molecule has 0 amide bonds. The summed E-state index contributed by atoms with van der Waals surface area (Å²) >= 11 is 0. The lowest BCUT2D eigenvalue weighted by Crippen LogP contribution is -2.47. The number of hydrogen-bond acceptors (Lipinski definition) is 3. The fourth-order valence-corrected chi connectivity index (χ4v) is 3.56. The zero-order valence-corrected chi connectivity index (χ0v) is 11.7. The Morgan fingerprint density at radius 2 is 1.95 bits per heavy atom. The van der Waals surface area contributed by atoms with Crippen LogP contribution in [0.1, 0.15) is 44.9 Å². The highest BCUT2D eigenvalue weighted by Gasteiger charge is 2.26. The van der Waals surface area contributed by atoms with E-state index in [4.69, 9.17) is 0 Å². The van der Waals surface area contributed by atoms with Crippen LogP contribution in [0.3, 0.4) is 0 Å². The highest BCUT2D eigenvalue weighted by Crippen LogP contribution is 2.26. The lowest BCUT2D eigenvalue weighted by molar-refractivity contribution is 0.124. The lowest BCUT2D eigenvalue weighted by Gasteiger charge is -2.40. The minimum absolute atomic E-state index is 0.575. The monoisotopic (exact) mass is 259 g/mol. The first kappa shape index (κ1) is 12.9. The molecule has 104 valence electrons. The van der Waals surface area contributed by atoms with Gasteiger partial charge in [0.15, 0.2) is 0 Å². The fraction of sp³-hybridized carbons (Fsp3) is 0.688. The number of aromatic nitrogens is 1. The second kappa shape index (κ2) is 6.38. The normalized spacial score (nSPS) is 26.2. The number of piperidine rings is 1. The van der Waals surface area contributed by atoms with Crippen LogP contribution in [0, 0.1) is 0 Å². The Labute approximate surface area is 116 Å². The molecule has 1 saturated carbocycles. The molecule has 3 heteroatoms. The van der Waals surface area contributed by atoms with Gasteiger partial charge in [-0.25, -0.2) is 4.98 Å². The average Bonchev–Trinajstić information content (AvgIpc) is 2.49. The van der Waals surface area contributed by atoms with Gasteiger partial charge in [-0.3, -0.25) is 4.90 Å². The van der Waals surface area contributed by atoms with E-state index in [1.54, 1.807) is 0 Å². The largest absolute Gasteiger partial charge is 0.366 e. The van der Waals surface area contributed by atoms with E-state index >= 15 is 0 Å². The summed E-state index contributed by atoms with van der Waals surface area (Å²) in [4.78, 5) is 7.11. The number of hydrogen-bond donors (Lipinski definition) is 1. The van der Waals surface area contributed by atoms with Crippen LogP contribution in [0.5, 0.6) is 0 Å². The maximum atomic E-state index is 4.38. The Hall–Kier alpha value is -1.09. The zero-order chi connectivity index (χ0) is 12.9. The maximum absolute atomic E-state index is 4.38. The van der Waals surface area contributed by atoms with Crippen molar-refractivity contribution in [2.24, 2.45) is 0 Å². The van der Waals surface area contributed by atoms with Crippen LogP contribution < -0.4 is 5.32 Å². The van der Waals surface area contributed by atoms with Crippen LogP contribution >= 0.6 is 0 Å². The number of nitrogens with zero attached hydrogens (tertiary/aromatic N) is 2. The lowest BCUT2D eigenvalue weighted by atomic mass is 9.92. The standard InChI is InChI=1S/C16H25N3/c1-2-8-15(9-3-1)19-12-6-7-14(13-19)18-16-10-4-5-11-17-16/h4-5,10-11,14-15H,1-3,6-9,12-13H2,(H,17,18). The SMILES string of the molecule is c1ccc(NC2CCCN(C3CCCCC3)C2)nc1. The topological polar surface area (TPSA) is 28.2 Å². The van der Waals surface area contributed by atoms with Crippen LogP contribution in [0.2, 0.25) is 0 Å². The van der Waals surface area contributed by atoms with Crippen molar-refractivity contribution in [3.63, 3.8) is 0 Å². The summed E-state index contributed by atoms with van der Waals surface area (Å²) in [6.07, 6.45) is 11.6. The molecular weight excluding hydrogens is 234 g/mol. The van der Waals surface area contributed by atoms with Crippen molar-refractivity contribution in [3.8, 4) is 0 Å². The van der Waals surface area contributed by atoms with Gasteiger partial charge in [-0.05, 0) is 44.4 Å². The Kier molecular flexibility index (Phi) is 4.34. The third kappa shape index (κ3) is 3.47. The quantitative estimate of drug-likeness (QED) is 0.903. The van der Waals surface area contributed by atoms with E-state index in [1.807, 2.05) is 12.3 Å². The summed E-state index contributed by atoms with van der Waals surface area (Å²) in [5, 5.41) is 3.60. The second-order valence-corrected chi connectivity index (χ2v) is 5.99. The van der Waals surface area contributed by atoms with Gasteiger partial charge in [-0.15, -0.1) is 0 Å². The molecule has 0 spiro atoms. The minimum atomic E-state index is 0.575. The predicted octanol–water partition coefficient (Wildman–Crippen LogP) is 3.29. The fourth-order valence-electron chi connectivity index (χ4n) is 3.56. The number of likely N-dealkylation sites (tertiary alicyclic amines) is 1. The van der Waals surface area contributed by atoms with Crippen molar-refractivity contribution in [3.05, 3.63) is 24.4 Å². The van der Waals surface area contributed by atoms with Crippen LogP contribution in [0.15, 0.2) is 24.4 Å². The molecule has 1 saturated heterocycles. The van der Waals surface area contributed by atoms with Crippen molar-refractivity contribution in [1.29, 1.82) is 0 Å². The van der Waals surface area contributed by atoms with E-state index < -0.39 is 0 Å². The van der Waals surface area contributed by atoms with Crippen LogP contribution in [-0.4, -0.2) is 35.1 Å². The van der Waals surface area contributed by atoms with Gasteiger partial charge in [0.2, 0.25) is 0 Å². The first-order valence-electron chi connectivity index (χ1n) is 7.83. The molecule has 3 nitrogen and oxygen atoms in total. The molecular formula is C16H25N3. The third-order valence-electron chi connectivity index (χ3n) is 4.56. The summed E-state index contributed by atoms with van der Waals surface area (Å²) in [7, 11) is 0. The van der Waals surface area contributed by atoms with Gasteiger partial charge in [0.25, 0.3) is 0 Å². The minimum Gasteiger partial charge on any atom is -0.366 e. The predicted molar refractivity (Wildman–Crippen MR) is 79.3 cm³/mol. The highest BCUT2D eigenvalue weighted by molar-refractivity contribution is 5.34. The molecule has 1 aromatic rings. The first-order chi connectivity index (χ1) is 9.42. The molecule has 1 aliphatic heterocycles. The van der Waals surface area contributed by atoms with Gasteiger partial charge in [-0.1, -0.05) is 25.3 Å². The van der Waals surface area contributed by atoms with Crippen molar-refractivity contribution in [1.82, 2.24) is 9.88 Å². The number of anilines is 1. The molecule has 1 atom stereocenters. The Morgan fingerprint density at radius 3 is 2.74 bits per heavy atom. The van der Waals surface area contributed by atoms with Crippen molar-refractivity contribution >= 4 is 5.82 Å². The Morgan fingerprint density at radius 1 is 1.05 bits per heavy atom. The second-order valence-electron chi connectivity index (χ2n) is 5.99. The summed E-state index contributed by atoms with van der Waals surface area (Å²) in [6, 6.07) is 7.52. The molecule has 2 aliphatic rings. The third-order valence-corrected chi connectivity index (χ3v) is 4.56. The van der Waals surface area contributed by atoms with E-state index in [-0.39, 0.29) is 0 Å². The summed E-state index contributed by atoms with van der Waals surface area (Å²) in [5.41, 5.74) is 0. The van der Waals surface area contributed by atoms with Gasteiger partial charge in [0.1, 0.15) is 5.82 Å². The van der Waals surface area contributed by atoms with Gasteiger partial charge in [0.05, 0.1) is 0 Å². The number of pyridine rings is 1. The van der Waals surface area contributed by atoms with E-state index in [9.17, 15) is 0 Å². The molecule has 19 heavy (non-hydrogen) atoms. The van der Waals surface area contributed by atoms with Crippen LogP contribution in [0.4, 0.5) is 5.82 Å². The molecule has 0 radical (unpaired) electrons. The van der Waals surface area contributed by atoms with Gasteiger partial charge in [0, 0.05) is 24.8 Å². The molecule has 2 heterocycles. The number of rotatable bonds is 3. The Bertz CT molecular complexity index is 373. The number of nitrogens with one attached hydrogen (secondary N) is 1.